The number of nitrogens with zero attached hydrogens (tertiary/aromatic N) is 3. The molecule has 3 rings (SSSR count). The van der Waals surface area contributed by atoms with Crippen molar-refractivity contribution < 1.29 is 8.42 Å². The monoisotopic (exact) mass is 343 g/mol. The van der Waals surface area contributed by atoms with Gasteiger partial charge < -0.3 is 0 Å². The second kappa shape index (κ2) is 5.62. The van der Waals surface area contributed by atoms with Gasteiger partial charge >= 0.3 is 0 Å². The van der Waals surface area contributed by atoms with E-state index in [9.17, 15) is 8.42 Å². The molecule has 0 saturated carbocycles. The van der Waals surface area contributed by atoms with Crippen LogP contribution in [0.15, 0.2) is 29.7 Å². The first kappa shape index (κ1) is 14.9. The molecular weight excluding hydrogens is 330 g/mol. The first-order valence-electron chi connectivity index (χ1n) is 6.48. The van der Waals surface area contributed by atoms with E-state index in [0.29, 0.717) is 16.6 Å². The Labute approximate surface area is 132 Å². The number of rotatable bonds is 3. The second-order valence-corrected chi connectivity index (χ2v) is 8.96. The first-order valence-corrected chi connectivity index (χ1v) is 9.56. The lowest BCUT2D eigenvalue weighted by Crippen LogP contribution is -2.07. The molecule has 0 amide bonds. The van der Waals surface area contributed by atoms with Gasteiger partial charge in [0.25, 0.3) is 0 Å². The highest BCUT2D eigenvalue weighted by Gasteiger charge is 2.30. The topological polar surface area (TPSA) is 64.8 Å². The molecule has 1 atom stereocenters. The molecule has 1 aliphatic rings. The maximum Gasteiger partial charge on any atom is 0.195 e. The van der Waals surface area contributed by atoms with Crippen LogP contribution in [0.1, 0.15) is 12.0 Å². The van der Waals surface area contributed by atoms with Gasteiger partial charge in [-0.05, 0) is 31.0 Å². The average molecular weight is 344 g/mol. The van der Waals surface area contributed by atoms with E-state index in [-0.39, 0.29) is 16.8 Å². The molecule has 8 heteroatoms. The Hall–Kier alpha value is -1.05. The number of sulfone groups is 1. The number of hydrogen-bond donors (Lipinski definition) is 0. The van der Waals surface area contributed by atoms with Crippen LogP contribution in [0.3, 0.4) is 0 Å². The number of aromatic nitrogens is 3. The fourth-order valence-corrected chi connectivity index (χ4v) is 5.87. The summed E-state index contributed by atoms with van der Waals surface area (Å²) >= 11 is 7.61. The summed E-state index contributed by atoms with van der Waals surface area (Å²) in [4.78, 5) is 0. The summed E-state index contributed by atoms with van der Waals surface area (Å²) in [7, 11) is -2.89. The Morgan fingerprint density at radius 1 is 1.43 bits per heavy atom. The molecule has 21 heavy (non-hydrogen) atoms. The second-order valence-electron chi connectivity index (χ2n) is 5.06. The summed E-state index contributed by atoms with van der Waals surface area (Å²) in [6.07, 6.45) is 2.28. The molecule has 0 N–H and O–H groups in total. The van der Waals surface area contributed by atoms with Crippen LogP contribution in [-0.2, 0) is 9.84 Å². The maximum absolute atomic E-state index is 11.5. The van der Waals surface area contributed by atoms with Gasteiger partial charge in [-0.25, -0.2) is 8.42 Å². The molecule has 1 aromatic carbocycles. The van der Waals surface area contributed by atoms with Crippen molar-refractivity contribution in [2.45, 2.75) is 23.8 Å². The lowest BCUT2D eigenvalue weighted by Gasteiger charge is -2.10. The van der Waals surface area contributed by atoms with Crippen LogP contribution in [-0.4, -0.2) is 39.9 Å². The molecule has 1 aliphatic heterocycles. The Kier molecular flexibility index (Phi) is 3.98. The molecule has 0 aliphatic carbocycles. The zero-order chi connectivity index (χ0) is 15.0. The molecule has 0 spiro atoms. The highest BCUT2D eigenvalue weighted by molar-refractivity contribution is 8.01. The van der Waals surface area contributed by atoms with Gasteiger partial charge in [-0.15, -0.1) is 10.2 Å². The van der Waals surface area contributed by atoms with Crippen LogP contribution in [0.25, 0.3) is 5.69 Å². The summed E-state index contributed by atoms with van der Waals surface area (Å²) < 4.78 is 24.9. The van der Waals surface area contributed by atoms with E-state index < -0.39 is 9.84 Å². The Morgan fingerprint density at radius 3 is 2.90 bits per heavy atom. The van der Waals surface area contributed by atoms with Crippen LogP contribution in [0.2, 0.25) is 5.02 Å². The molecule has 2 aromatic rings. The van der Waals surface area contributed by atoms with Gasteiger partial charge in [-0.3, -0.25) is 4.57 Å². The number of aryl methyl sites for hydroxylation is 1. The van der Waals surface area contributed by atoms with Crippen molar-refractivity contribution in [3.05, 3.63) is 35.1 Å². The number of halogens is 1. The van der Waals surface area contributed by atoms with Crippen molar-refractivity contribution in [3.8, 4) is 5.69 Å². The molecule has 0 radical (unpaired) electrons. The highest BCUT2D eigenvalue weighted by atomic mass is 35.5. The van der Waals surface area contributed by atoms with Crippen molar-refractivity contribution in [2.75, 3.05) is 11.5 Å². The van der Waals surface area contributed by atoms with Gasteiger partial charge in [0.1, 0.15) is 6.33 Å². The van der Waals surface area contributed by atoms with Crippen LogP contribution >= 0.6 is 23.4 Å². The molecular formula is C13H14ClN3O2S2. The van der Waals surface area contributed by atoms with Crippen molar-refractivity contribution in [1.82, 2.24) is 14.8 Å². The van der Waals surface area contributed by atoms with Crippen LogP contribution in [0.4, 0.5) is 0 Å². The lowest BCUT2D eigenvalue weighted by atomic mass is 10.2. The van der Waals surface area contributed by atoms with Crippen LogP contribution in [0.5, 0.6) is 0 Å². The SMILES string of the molecule is Cc1ccc(-n2cnnc2S[C@@H]2CCS(=O)(=O)C2)cc1Cl. The van der Waals surface area contributed by atoms with Gasteiger partial charge in [0.2, 0.25) is 0 Å². The quantitative estimate of drug-likeness (QED) is 0.856. The fourth-order valence-electron chi connectivity index (χ4n) is 2.22. The predicted molar refractivity (Wildman–Crippen MR) is 84.0 cm³/mol. The normalized spacial score (nSPS) is 20.8. The van der Waals surface area contributed by atoms with E-state index in [1.54, 1.807) is 6.33 Å². The predicted octanol–water partition coefficient (Wildman–Crippen LogP) is 2.51. The molecule has 112 valence electrons. The average Bonchev–Trinajstić information content (AvgIpc) is 3.00. The van der Waals surface area contributed by atoms with Crippen LogP contribution < -0.4 is 0 Å². The molecule has 0 bridgehead atoms. The molecule has 5 nitrogen and oxygen atoms in total. The van der Waals surface area contributed by atoms with E-state index >= 15 is 0 Å². The van der Waals surface area contributed by atoms with Gasteiger partial charge in [0.15, 0.2) is 15.0 Å². The van der Waals surface area contributed by atoms with E-state index in [1.807, 2.05) is 29.7 Å². The Balaban J connectivity index is 1.85. The Bertz CT molecular complexity index is 773. The van der Waals surface area contributed by atoms with Crippen molar-refractivity contribution in [2.24, 2.45) is 0 Å². The van der Waals surface area contributed by atoms with Crippen molar-refractivity contribution in [3.63, 3.8) is 0 Å². The molecule has 1 fully saturated rings. The third-order valence-electron chi connectivity index (χ3n) is 3.41. The minimum atomic E-state index is -2.89. The van der Waals surface area contributed by atoms with Crippen LogP contribution in [0, 0.1) is 6.92 Å². The number of benzene rings is 1. The van der Waals surface area contributed by atoms with Crippen molar-refractivity contribution >= 4 is 33.2 Å². The van der Waals surface area contributed by atoms with Gasteiger partial charge in [0, 0.05) is 10.3 Å². The third-order valence-corrected chi connectivity index (χ3v) is 7.02. The molecule has 2 heterocycles. The van der Waals surface area contributed by atoms with E-state index in [1.165, 1.54) is 11.8 Å². The minimum absolute atomic E-state index is 0.0406. The molecule has 1 aromatic heterocycles. The fraction of sp³-hybridized carbons (Fsp3) is 0.385. The summed E-state index contributed by atoms with van der Waals surface area (Å²) in [6, 6.07) is 5.74. The standard InChI is InChI=1S/C13H14ClN3O2S2/c1-9-2-3-10(6-12(9)14)17-8-15-16-13(17)20-11-4-5-21(18,19)7-11/h2-3,6,8,11H,4-5,7H2,1H3/t11-/m1/s1. The largest absolute Gasteiger partial charge is 0.277 e. The van der Waals surface area contributed by atoms with Gasteiger partial charge in [-0.2, -0.15) is 0 Å². The summed E-state index contributed by atoms with van der Waals surface area (Å²) in [5.41, 5.74) is 1.88. The Morgan fingerprint density at radius 2 is 2.24 bits per heavy atom. The summed E-state index contributed by atoms with van der Waals surface area (Å²) in [5.74, 6) is 0.467. The van der Waals surface area contributed by atoms with E-state index in [2.05, 4.69) is 10.2 Å². The number of thioether (sulfide) groups is 1. The molecule has 0 unspecified atom stereocenters. The highest BCUT2D eigenvalue weighted by Crippen LogP contribution is 2.31. The van der Waals surface area contributed by atoms with Crippen molar-refractivity contribution in [1.29, 1.82) is 0 Å². The zero-order valence-electron chi connectivity index (χ0n) is 11.4. The van der Waals surface area contributed by atoms with Gasteiger partial charge in [-0.1, -0.05) is 29.4 Å². The first-order chi connectivity index (χ1) is 9.94. The zero-order valence-corrected chi connectivity index (χ0v) is 13.7. The van der Waals surface area contributed by atoms with E-state index in [4.69, 9.17) is 11.6 Å². The maximum atomic E-state index is 11.5. The minimum Gasteiger partial charge on any atom is -0.277 e. The summed E-state index contributed by atoms with van der Waals surface area (Å²) in [5, 5.41) is 9.44. The molecule has 1 saturated heterocycles. The van der Waals surface area contributed by atoms with E-state index in [0.717, 1.165) is 11.3 Å². The number of hydrogen-bond acceptors (Lipinski definition) is 5. The smallest absolute Gasteiger partial charge is 0.195 e. The van der Waals surface area contributed by atoms with Gasteiger partial charge in [0.05, 0.1) is 17.2 Å². The third kappa shape index (κ3) is 3.25. The summed E-state index contributed by atoms with van der Waals surface area (Å²) in [6.45, 7) is 1.94. The lowest BCUT2D eigenvalue weighted by molar-refractivity contribution is 0.602.